The van der Waals surface area contributed by atoms with Gasteiger partial charge >= 0.3 is 0 Å². The molecule has 2 N–H and O–H groups in total. The van der Waals surface area contributed by atoms with Gasteiger partial charge in [-0.25, -0.2) is 13.4 Å². The molecule has 0 amide bonds. The summed E-state index contributed by atoms with van der Waals surface area (Å²) in [5.74, 6) is 0.277. The van der Waals surface area contributed by atoms with Crippen LogP contribution in [0.3, 0.4) is 0 Å². The van der Waals surface area contributed by atoms with E-state index < -0.39 is 10.0 Å². The fourth-order valence-electron chi connectivity index (χ4n) is 2.63. The van der Waals surface area contributed by atoms with Gasteiger partial charge in [-0.3, -0.25) is 4.72 Å². The van der Waals surface area contributed by atoms with Gasteiger partial charge in [0.1, 0.15) is 5.82 Å². The quantitative estimate of drug-likeness (QED) is 0.694. The summed E-state index contributed by atoms with van der Waals surface area (Å²) in [6.45, 7) is 5.74. The first-order valence-corrected chi connectivity index (χ1v) is 9.72. The monoisotopic (exact) mass is 367 g/mol. The van der Waals surface area contributed by atoms with Crippen LogP contribution in [-0.4, -0.2) is 13.4 Å². The summed E-state index contributed by atoms with van der Waals surface area (Å²) in [6.07, 6.45) is 1.60. The molecule has 0 saturated heterocycles. The molecule has 0 aliphatic heterocycles. The molecule has 0 bridgehead atoms. The highest BCUT2D eigenvalue weighted by atomic mass is 32.2. The van der Waals surface area contributed by atoms with Gasteiger partial charge < -0.3 is 5.32 Å². The van der Waals surface area contributed by atoms with Crippen LogP contribution in [0.1, 0.15) is 16.7 Å². The van der Waals surface area contributed by atoms with E-state index in [-0.39, 0.29) is 10.7 Å². The largest absolute Gasteiger partial charge is 0.354 e. The van der Waals surface area contributed by atoms with Crippen molar-refractivity contribution >= 4 is 27.2 Å². The predicted molar refractivity (Wildman–Crippen MR) is 105 cm³/mol. The van der Waals surface area contributed by atoms with Gasteiger partial charge in [0.15, 0.2) is 0 Å². The van der Waals surface area contributed by atoms with Gasteiger partial charge in [-0.1, -0.05) is 35.4 Å². The maximum atomic E-state index is 12.6. The molecule has 5 nitrogen and oxygen atoms in total. The van der Waals surface area contributed by atoms with Crippen LogP contribution in [0.25, 0.3) is 0 Å². The van der Waals surface area contributed by atoms with Crippen molar-refractivity contribution in [3.8, 4) is 0 Å². The van der Waals surface area contributed by atoms with Gasteiger partial charge in [0.25, 0.3) is 10.0 Å². The number of anilines is 3. The number of pyridine rings is 1. The van der Waals surface area contributed by atoms with Gasteiger partial charge in [0.05, 0.1) is 16.8 Å². The lowest BCUT2D eigenvalue weighted by molar-refractivity contribution is 0.600. The molecule has 0 fully saturated rings. The summed E-state index contributed by atoms with van der Waals surface area (Å²) in [4.78, 5) is 4.45. The zero-order valence-corrected chi connectivity index (χ0v) is 15.8. The Morgan fingerprint density at radius 2 is 1.46 bits per heavy atom. The van der Waals surface area contributed by atoms with Gasteiger partial charge in [-0.05, 0) is 56.7 Å². The smallest absolute Gasteiger partial charge is 0.263 e. The van der Waals surface area contributed by atoms with Gasteiger partial charge in [0.2, 0.25) is 0 Å². The molecule has 0 spiro atoms. The summed E-state index contributed by atoms with van der Waals surface area (Å²) in [7, 11) is -3.67. The van der Waals surface area contributed by atoms with E-state index in [2.05, 4.69) is 15.0 Å². The molecular weight excluding hydrogens is 346 g/mol. The Morgan fingerprint density at radius 3 is 2.08 bits per heavy atom. The highest BCUT2D eigenvalue weighted by Crippen LogP contribution is 2.21. The molecule has 1 heterocycles. The topological polar surface area (TPSA) is 71.1 Å². The van der Waals surface area contributed by atoms with Gasteiger partial charge in [-0.15, -0.1) is 0 Å². The van der Waals surface area contributed by atoms with Crippen molar-refractivity contribution in [2.24, 2.45) is 0 Å². The SMILES string of the molecule is Cc1ccc(Nc2ccc(NS(=O)(=O)c3ccc(C)cc3C)nc2)cc1. The Labute approximate surface area is 154 Å². The molecule has 6 heteroatoms. The molecule has 26 heavy (non-hydrogen) atoms. The molecule has 134 valence electrons. The normalized spacial score (nSPS) is 11.2. The summed E-state index contributed by atoms with van der Waals surface area (Å²) in [5, 5.41) is 3.23. The van der Waals surface area contributed by atoms with Crippen LogP contribution in [0, 0.1) is 20.8 Å². The van der Waals surface area contributed by atoms with Crippen LogP contribution in [0.2, 0.25) is 0 Å². The average molecular weight is 367 g/mol. The minimum absolute atomic E-state index is 0.256. The first kappa shape index (κ1) is 17.9. The number of aromatic nitrogens is 1. The molecule has 1 aromatic heterocycles. The van der Waals surface area contributed by atoms with E-state index >= 15 is 0 Å². The lowest BCUT2D eigenvalue weighted by atomic mass is 10.2. The van der Waals surface area contributed by atoms with Crippen molar-refractivity contribution in [2.45, 2.75) is 25.7 Å². The third kappa shape index (κ3) is 4.21. The Bertz CT molecular complexity index is 1010. The summed E-state index contributed by atoms with van der Waals surface area (Å²) < 4.78 is 27.7. The molecule has 0 radical (unpaired) electrons. The van der Waals surface area contributed by atoms with Gasteiger partial charge in [-0.2, -0.15) is 0 Å². The third-order valence-electron chi connectivity index (χ3n) is 3.96. The summed E-state index contributed by atoms with van der Waals surface area (Å²) in [5.41, 5.74) is 4.63. The molecule has 3 rings (SSSR count). The second kappa shape index (κ2) is 7.17. The van der Waals surface area contributed by atoms with E-state index in [0.717, 1.165) is 16.9 Å². The molecule has 0 aliphatic rings. The molecule has 0 saturated carbocycles. The molecule has 2 aromatic carbocycles. The number of nitrogens with one attached hydrogen (secondary N) is 2. The molecular formula is C20H21N3O2S. The summed E-state index contributed by atoms with van der Waals surface area (Å²) in [6, 6.07) is 16.6. The molecule has 0 atom stereocenters. The number of benzene rings is 2. The van der Waals surface area contributed by atoms with Crippen molar-refractivity contribution in [3.63, 3.8) is 0 Å². The van der Waals surface area contributed by atoms with E-state index in [1.807, 2.05) is 44.2 Å². The minimum Gasteiger partial charge on any atom is -0.354 e. The number of aryl methyl sites for hydroxylation is 3. The number of rotatable bonds is 5. The van der Waals surface area contributed by atoms with Crippen LogP contribution in [0.4, 0.5) is 17.2 Å². The second-order valence-corrected chi connectivity index (χ2v) is 7.95. The highest BCUT2D eigenvalue weighted by molar-refractivity contribution is 7.92. The van der Waals surface area contributed by atoms with Crippen LogP contribution in [-0.2, 0) is 10.0 Å². The predicted octanol–water partition coefficient (Wildman–Crippen LogP) is 4.55. The maximum Gasteiger partial charge on any atom is 0.263 e. The molecule has 0 aliphatic carbocycles. The van der Waals surface area contributed by atoms with Crippen LogP contribution < -0.4 is 10.0 Å². The van der Waals surface area contributed by atoms with Crippen molar-refractivity contribution in [1.82, 2.24) is 4.98 Å². The molecule has 3 aromatic rings. The Morgan fingerprint density at radius 1 is 0.808 bits per heavy atom. The van der Waals surface area contributed by atoms with E-state index in [4.69, 9.17) is 0 Å². The zero-order valence-electron chi connectivity index (χ0n) is 14.9. The van der Waals surface area contributed by atoms with Crippen LogP contribution in [0.5, 0.6) is 0 Å². The van der Waals surface area contributed by atoms with E-state index in [0.29, 0.717) is 5.56 Å². The third-order valence-corrected chi connectivity index (χ3v) is 5.48. The maximum absolute atomic E-state index is 12.6. The van der Waals surface area contributed by atoms with Crippen molar-refractivity contribution in [3.05, 3.63) is 77.5 Å². The number of hydrogen-bond donors (Lipinski definition) is 2. The first-order chi connectivity index (χ1) is 12.3. The highest BCUT2D eigenvalue weighted by Gasteiger charge is 2.17. The fraction of sp³-hybridized carbons (Fsp3) is 0.150. The fourth-order valence-corrected chi connectivity index (χ4v) is 3.86. The Balaban J connectivity index is 1.75. The van der Waals surface area contributed by atoms with Gasteiger partial charge in [0, 0.05) is 5.69 Å². The zero-order chi connectivity index (χ0) is 18.7. The van der Waals surface area contributed by atoms with Crippen LogP contribution in [0.15, 0.2) is 65.7 Å². The average Bonchev–Trinajstić information content (AvgIpc) is 2.58. The molecule has 0 unspecified atom stereocenters. The van der Waals surface area contributed by atoms with Crippen molar-refractivity contribution < 1.29 is 8.42 Å². The lowest BCUT2D eigenvalue weighted by Crippen LogP contribution is -2.15. The minimum atomic E-state index is -3.67. The van der Waals surface area contributed by atoms with E-state index in [1.54, 1.807) is 37.4 Å². The lowest BCUT2D eigenvalue weighted by Gasteiger charge is -2.11. The Kier molecular flexibility index (Phi) is 4.95. The first-order valence-electron chi connectivity index (χ1n) is 8.23. The number of nitrogens with zero attached hydrogens (tertiary/aromatic N) is 1. The van der Waals surface area contributed by atoms with Crippen LogP contribution >= 0.6 is 0 Å². The number of hydrogen-bond acceptors (Lipinski definition) is 4. The Hall–Kier alpha value is -2.86. The standard InChI is InChI=1S/C20H21N3O2S/c1-14-4-7-17(8-5-14)22-18-9-11-20(21-13-18)23-26(24,25)19-10-6-15(2)12-16(19)3/h4-13,22H,1-3H3,(H,21,23). The van der Waals surface area contributed by atoms with Crippen molar-refractivity contribution in [2.75, 3.05) is 10.0 Å². The van der Waals surface area contributed by atoms with E-state index in [9.17, 15) is 8.42 Å². The summed E-state index contributed by atoms with van der Waals surface area (Å²) >= 11 is 0. The van der Waals surface area contributed by atoms with Crippen molar-refractivity contribution in [1.29, 1.82) is 0 Å². The second-order valence-electron chi connectivity index (χ2n) is 6.30. The number of sulfonamides is 1. The van der Waals surface area contributed by atoms with E-state index in [1.165, 1.54) is 5.56 Å².